The zero-order valence-electron chi connectivity index (χ0n) is 16.5. The first kappa shape index (κ1) is 22.4. The van der Waals surface area contributed by atoms with Gasteiger partial charge in [0.05, 0.1) is 6.61 Å². The number of hydrogen-bond donors (Lipinski definition) is 0. The van der Waals surface area contributed by atoms with Crippen LogP contribution in [0.4, 0.5) is 0 Å². The van der Waals surface area contributed by atoms with E-state index in [9.17, 15) is 19.2 Å². The third kappa shape index (κ3) is 7.23. The lowest BCUT2D eigenvalue weighted by Crippen LogP contribution is -2.12. The predicted molar refractivity (Wildman–Crippen MR) is 105 cm³/mol. The van der Waals surface area contributed by atoms with Crippen molar-refractivity contribution < 1.29 is 38.1 Å². The Kier molecular flexibility index (Phi) is 8.31. The smallest absolute Gasteiger partial charge is 0.347 e. The maximum absolute atomic E-state index is 12.4. The van der Waals surface area contributed by atoms with Crippen LogP contribution in [0.2, 0.25) is 0 Å². The molecule has 30 heavy (non-hydrogen) atoms. The molecule has 0 aliphatic heterocycles. The van der Waals surface area contributed by atoms with E-state index in [4.69, 9.17) is 14.2 Å². The Labute approximate surface area is 173 Å². The first-order valence-corrected chi connectivity index (χ1v) is 8.99. The highest BCUT2D eigenvalue weighted by Gasteiger charge is 2.16. The van der Waals surface area contributed by atoms with E-state index in [1.165, 1.54) is 25.1 Å². The second kappa shape index (κ2) is 11.2. The van der Waals surface area contributed by atoms with Gasteiger partial charge >= 0.3 is 23.9 Å². The summed E-state index contributed by atoms with van der Waals surface area (Å²) < 4.78 is 20.0. The molecular formula is C22H20O8. The molecule has 0 N–H and O–H groups in total. The number of hydrogen-bond acceptors (Lipinski definition) is 8. The van der Waals surface area contributed by atoms with Gasteiger partial charge in [0.15, 0.2) is 0 Å². The molecular weight excluding hydrogens is 392 g/mol. The molecule has 2 aromatic rings. The van der Waals surface area contributed by atoms with E-state index in [1.807, 2.05) is 0 Å². The number of carbonyl (C=O) groups excluding carboxylic acids is 4. The fourth-order valence-electron chi connectivity index (χ4n) is 2.27. The standard InChI is InChI=1S/C22H20O8/c1-3-27-20(24)11-12-21(25)28-14-16-7-6-8-17(13-16)30-22(26)18-9-4-5-10-19(18)29-15(2)23/h4-13H,3,14H2,1-2H3/b12-11+. The van der Waals surface area contributed by atoms with Crippen LogP contribution in [-0.2, 0) is 30.5 Å². The van der Waals surface area contributed by atoms with Crippen molar-refractivity contribution in [2.24, 2.45) is 0 Å². The van der Waals surface area contributed by atoms with E-state index < -0.39 is 23.9 Å². The van der Waals surface area contributed by atoms with Crippen LogP contribution in [0.15, 0.2) is 60.7 Å². The number of ether oxygens (including phenoxy) is 4. The molecule has 0 bridgehead atoms. The van der Waals surface area contributed by atoms with Gasteiger partial charge in [-0.25, -0.2) is 14.4 Å². The summed E-state index contributed by atoms with van der Waals surface area (Å²) >= 11 is 0. The van der Waals surface area contributed by atoms with Crippen molar-refractivity contribution in [1.82, 2.24) is 0 Å². The Hall–Kier alpha value is -3.94. The molecule has 8 nitrogen and oxygen atoms in total. The number of benzene rings is 2. The van der Waals surface area contributed by atoms with Crippen LogP contribution in [0.3, 0.4) is 0 Å². The second-order valence-electron chi connectivity index (χ2n) is 5.82. The molecule has 0 aromatic heterocycles. The summed E-state index contributed by atoms with van der Waals surface area (Å²) in [5.41, 5.74) is 0.653. The highest BCUT2D eigenvalue weighted by atomic mass is 16.6. The Bertz CT molecular complexity index is 961. The van der Waals surface area contributed by atoms with E-state index in [0.29, 0.717) is 5.56 Å². The molecule has 2 rings (SSSR count). The maximum atomic E-state index is 12.4. The summed E-state index contributed by atoms with van der Waals surface area (Å²) in [5.74, 6) is -2.32. The van der Waals surface area contributed by atoms with Gasteiger partial charge in [-0.2, -0.15) is 0 Å². The molecule has 0 radical (unpaired) electrons. The van der Waals surface area contributed by atoms with Gasteiger partial charge in [0.1, 0.15) is 23.7 Å². The van der Waals surface area contributed by atoms with E-state index in [2.05, 4.69) is 4.74 Å². The highest BCUT2D eigenvalue weighted by molar-refractivity contribution is 5.95. The van der Waals surface area contributed by atoms with Crippen LogP contribution >= 0.6 is 0 Å². The zero-order chi connectivity index (χ0) is 21.9. The van der Waals surface area contributed by atoms with Crippen molar-refractivity contribution in [1.29, 1.82) is 0 Å². The van der Waals surface area contributed by atoms with Crippen LogP contribution in [0.5, 0.6) is 11.5 Å². The van der Waals surface area contributed by atoms with Crippen molar-refractivity contribution in [3.63, 3.8) is 0 Å². The minimum absolute atomic E-state index is 0.0912. The number of esters is 4. The molecule has 0 aliphatic rings. The van der Waals surface area contributed by atoms with Gasteiger partial charge < -0.3 is 18.9 Å². The summed E-state index contributed by atoms with van der Waals surface area (Å²) in [6.45, 7) is 2.99. The van der Waals surface area contributed by atoms with E-state index >= 15 is 0 Å². The SMILES string of the molecule is CCOC(=O)/C=C/C(=O)OCc1cccc(OC(=O)c2ccccc2OC(C)=O)c1. The van der Waals surface area contributed by atoms with Gasteiger partial charge in [0.25, 0.3) is 0 Å². The Morgan fingerprint density at radius 3 is 2.27 bits per heavy atom. The van der Waals surface area contributed by atoms with Gasteiger partial charge in [-0.3, -0.25) is 4.79 Å². The van der Waals surface area contributed by atoms with Crippen LogP contribution in [-0.4, -0.2) is 30.5 Å². The molecule has 0 saturated carbocycles. The first-order valence-electron chi connectivity index (χ1n) is 8.99. The molecule has 0 saturated heterocycles. The summed E-state index contributed by atoms with van der Waals surface area (Å²) in [7, 11) is 0. The van der Waals surface area contributed by atoms with Crippen molar-refractivity contribution in [3.8, 4) is 11.5 Å². The van der Waals surface area contributed by atoms with Crippen molar-refractivity contribution >= 4 is 23.9 Å². The third-order valence-corrected chi connectivity index (χ3v) is 3.49. The molecule has 0 fully saturated rings. The molecule has 156 valence electrons. The Morgan fingerprint density at radius 2 is 1.57 bits per heavy atom. The minimum atomic E-state index is -0.722. The van der Waals surface area contributed by atoms with Crippen LogP contribution in [0.25, 0.3) is 0 Å². The summed E-state index contributed by atoms with van der Waals surface area (Å²) in [5, 5.41) is 0. The molecule has 0 unspecified atom stereocenters. The Balaban J connectivity index is 1.99. The topological polar surface area (TPSA) is 105 Å². The molecule has 0 atom stereocenters. The van der Waals surface area contributed by atoms with Crippen LogP contribution in [0, 0.1) is 0 Å². The highest BCUT2D eigenvalue weighted by Crippen LogP contribution is 2.22. The maximum Gasteiger partial charge on any atom is 0.347 e. The third-order valence-electron chi connectivity index (χ3n) is 3.49. The average molecular weight is 412 g/mol. The second-order valence-corrected chi connectivity index (χ2v) is 5.82. The fourth-order valence-corrected chi connectivity index (χ4v) is 2.27. The molecule has 0 amide bonds. The monoisotopic (exact) mass is 412 g/mol. The normalized spacial score (nSPS) is 10.3. The van der Waals surface area contributed by atoms with Gasteiger partial charge in [0.2, 0.25) is 0 Å². The molecule has 2 aromatic carbocycles. The zero-order valence-corrected chi connectivity index (χ0v) is 16.5. The van der Waals surface area contributed by atoms with Crippen molar-refractivity contribution in [3.05, 3.63) is 71.8 Å². The molecule has 0 spiro atoms. The summed E-state index contributed by atoms with van der Waals surface area (Å²) in [6, 6.07) is 12.6. The van der Waals surface area contributed by atoms with E-state index in [0.717, 1.165) is 12.2 Å². The van der Waals surface area contributed by atoms with Gasteiger partial charge in [0, 0.05) is 19.1 Å². The molecule has 8 heteroatoms. The van der Waals surface area contributed by atoms with Gasteiger partial charge in [-0.1, -0.05) is 24.3 Å². The van der Waals surface area contributed by atoms with E-state index in [-0.39, 0.29) is 30.3 Å². The lowest BCUT2D eigenvalue weighted by atomic mass is 10.2. The van der Waals surface area contributed by atoms with Gasteiger partial charge in [-0.15, -0.1) is 0 Å². The Morgan fingerprint density at radius 1 is 0.867 bits per heavy atom. The lowest BCUT2D eigenvalue weighted by Gasteiger charge is -2.10. The quantitative estimate of drug-likeness (QED) is 0.370. The molecule has 0 heterocycles. The largest absolute Gasteiger partial charge is 0.463 e. The summed E-state index contributed by atoms with van der Waals surface area (Å²) in [6.07, 6.45) is 1.94. The predicted octanol–water partition coefficient (Wildman–Crippen LogP) is 2.99. The minimum Gasteiger partial charge on any atom is -0.463 e. The van der Waals surface area contributed by atoms with Crippen molar-refractivity contribution in [2.75, 3.05) is 6.61 Å². The average Bonchev–Trinajstić information content (AvgIpc) is 2.71. The van der Waals surface area contributed by atoms with Crippen LogP contribution in [0.1, 0.15) is 29.8 Å². The van der Waals surface area contributed by atoms with Crippen LogP contribution < -0.4 is 9.47 Å². The van der Waals surface area contributed by atoms with E-state index in [1.54, 1.807) is 37.3 Å². The van der Waals surface area contributed by atoms with Crippen molar-refractivity contribution in [2.45, 2.75) is 20.5 Å². The lowest BCUT2D eigenvalue weighted by molar-refractivity contribution is -0.141. The molecule has 0 aliphatic carbocycles. The number of rotatable bonds is 8. The van der Waals surface area contributed by atoms with Gasteiger partial charge in [-0.05, 0) is 36.8 Å². The fraction of sp³-hybridized carbons (Fsp3) is 0.182. The number of para-hydroxylation sites is 1. The summed E-state index contributed by atoms with van der Waals surface area (Å²) in [4.78, 5) is 46.5. The first-order chi connectivity index (χ1) is 14.4. The number of carbonyl (C=O) groups is 4.